The second-order valence-corrected chi connectivity index (χ2v) is 33.3. The Labute approximate surface area is 600 Å². The number of hydrogen-bond acceptors (Lipinski definition) is 15. The molecule has 0 aromatic rings. The molecule has 98 heavy (non-hydrogen) atoms. The molecule has 0 radical (unpaired) electrons. The molecular formula is C79H154O17P2. The van der Waals surface area contributed by atoms with E-state index in [1.54, 1.807) is 0 Å². The lowest BCUT2D eigenvalue weighted by molar-refractivity contribution is -0.161. The van der Waals surface area contributed by atoms with Gasteiger partial charge in [0.1, 0.15) is 19.3 Å². The first-order valence-electron chi connectivity index (χ1n) is 40.7. The lowest BCUT2D eigenvalue weighted by atomic mass is 10.0. The summed E-state index contributed by atoms with van der Waals surface area (Å²) in [5.41, 5.74) is 0. The average molecular weight is 1440 g/mol. The summed E-state index contributed by atoms with van der Waals surface area (Å²) < 4.78 is 68.6. The van der Waals surface area contributed by atoms with Crippen LogP contribution >= 0.6 is 15.6 Å². The van der Waals surface area contributed by atoms with Crippen molar-refractivity contribution in [2.45, 2.75) is 420 Å². The quantitative estimate of drug-likeness (QED) is 0.0222. The van der Waals surface area contributed by atoms with E-state index < -0.39 is 97.5 Å². The van der Waals surface area contributed by atoms with Gasteiger partial charge in [-0.1, -0.05) is 351 Å². The molecule has 0 heterocycles. The van der Waals surface area contributed by atoms with E-state index in [1.165, 1.54) is 199 Å². The molecule has 0 aliphatic carbocycles. The SMILES string of the molecule is CC(C)CCCCCCCCCCCCCCCCCC(=O)O[C@H](COC(=O)CCCCCCCCCCCCCCC(C)C)COP(=O)(O)OCC(O)COP(=O)(O)OC[C@@H](COC(=O)CCCCCCCCCC(C)C)OC(=O)CCCCCCCCCCCCCCC(C)C. The Morgan fingerprint density at radius 2 is 0.429 bits per heavy atom. The molecule has 3 N–H and O–H groups in total. The maximum Gasteiger partial charge on any atom is 0.472 e. The van der Waals surface area contributed by atoms with E-state index >= 15 is 0 Å². The molecule has 5 atom stereocenters. The van der Waals surface area contributed by atoms with Gasteiger partial charge in [0.05, 0.1) is 26.4 Å². The van der Waals surface area contributed by atoms with Gasteiger partial charge in [0.25, 0.3) is 0 Å². The van der Waals surface area contributed by atoms with Crippen LogP contribution in [0.25, 0.3) is 0 Å². The highest BCUT2D eigenvalue weighted by Gasteiger charge is 2.30. The van der Waals surface area contributed by atoms with E-state index in [0.717, 1.165) is 114 Å². The first-order chi connectivity index (χ1) is 47.1. The van der Waals surface area contributed by atoms with Crippen LogP contribution in [0.3, 0.4) is 0 Å². The Hall–Kier alpha value is -1.94. The van der Waals surface area contributed by atoms with Crippen LogP contribution in [0.2, 0.25) is 0 Å². The molecule has 0 spiro atoms. The van der Waals surface area contributed by atoms with E-state index in [4.69, 9.17) is 37.0 Å². The smallest absolute Gasteiger partial charge is 0.462 e. The van der Waals surface area contributed by atoms with Crippen molar-refractivity contribution in [3.05, 3.63) is 0 Å². The van der Waals surface area contributed by atoms with E-state index in [9.17, 15) is 43.2 Å². The molecule has 0 bridgehead atoms. The molecule has 0 aliphatic rings. The molecule has 0 rings (SSSR count). The minimum atomic E-state index is -4.96. The summed E-state index contributed by atoms with van der Waals surface area (Å²) in [5.74, 6) is 0.950. The van der Waals surface area contributed by atoms with Gasteiger partial charge in [-0.05, 0) is 49.4 Å². The van der Waals surface area contributed by atoms with Crippen LogP contribution in [0.4, 0.5) is 0 Å². The number of phosphoric ester groups is 2. The van der Waals surface area contributed by atoms with Crippen molar-refractivity contribution in [3.63, 3.8) is 0 Å². The number of esters is 4. The Morgan fingerprint density at radius 3 is 0.633 bits per heavy atom. The molecule has 0 aliphatic heterocycles. The maximum absolute atomic E-state index is 13.1. The maximum atomic E-state index is 13.1. The number of rotatable bonds is 76. The molecule has 0 saturated heterocycles. The van der Waals surface area contributed by atoms with Crippen LogP contribution in [0.5, 0.6) is 0 Å². The van der Waals surface area contributed by atoms with Gasteiger partial charge in [0.15, 0.2) is 12.2 Å². The van der Waals surface area contributed by atoms with E-state index in [1.807, 2.05) is 0 Å². The predicted molar refractivity (Wildman–Crippen MR) is 400 cm³/mol. The van der Waals surface area contributed by atoms with Crippen LogP contribution < -0.4 is 0 Å². The molecule has 0 saturated carbocycles. The van der Waals surface area contributed by atoms with E-state index in [2.05, 4.69) is 55.4 Å². The molecule has 19 heteroatoms. The highest BCUT2D eigenvalue weighted by atomic mass is 31.2. The van der Waals surface area contributed by atoms with Gasteiger partial charge < -0.3 is 33.8 Å². The Morgan fingerprint density at radius 1 is 0.255 bits per heavy atom. The second kappa shape index (κ2) is 68.2. The van der Waals surface area contributed by atoms with Gasteiger partial charge in [0, 0.05) is 25.7 Å². The fraction of sp³-hybridized carbons (Fsp3) is 0.949. The fourth-order valence-electron chi connectivity index (χ4n) is 12.1. The normalized spacial score (nSPS) is 14.1. The number of ether oxygens (including phenoxy) is 4. The molecule has 0 amide bonds. The Balaban J connectivity index is 5.25. The van der Waals surface area contributed by atoms with Crippen molar-refractivity contribution in [2.24, 2.45) is 23.7 Å². The number of unbranched alkanes of at least 4 members (excludes halogenated alkanes) is 42. The van der Waals surface area contributed by atoms with E-state index in [0.29, 0.717) is 31.6 Å². The number of carbonyl (C=O) groups is 4. The summed E-state index contributed by atoms with van der Waals surface area (Å²) in [4.78, 5) is 72.9. The molecule has 0 fully saturated rings. The van der Waals surface area contributed by atoms with Crippen molar-refractivity contribution < 1.29 is 80.2 Å². The fourth-order valence-corrected chi connectivity index (χ4v) is 13.7. The molecule has 3 unspecified atom stereocenters. The largest absolute Gasteiger partial charge is 0.472 e. The third kappa shape index (κ3) is 72.4. The summed E-state index contributed by atoms with van der Waals surface area (Å²) in [6.45, 7) is 14.2. The lowest BCUT2D eigenvalue weighted by Gasteiger charge is -2.21. The first-order valence-corrected chi connectivity index (χ1v) is 43.7. The van der Waals surface area contributed by atoms with Gasteiger partial charge in [-0.2, -0.15) is 0 Å². The number of carbonyl (C=O) groups excluding carboxylic acids is 4. The van der Waals surface area contributed by atoms with Crippen molar-refractivity contribution >= 4 is 39.5 Å². The minimum Gasteiger partial charge on any atom is -0.462 e. The molecule has 0 aromatic heterocycles. The summed E-state index contributed by atoms with van der Waals surface area (Å²) >= 11 is 0. The first kappa shape index (κ1) is 96.1. The van der Waals surface area contributed by atoms with Crippen LogP contribution in [-0.2, 0) is 65.4 Å². The van der Waals surface area contributed by atoms with Gasteiger partial charge >= 0.3 is 39.5 Å². The van der Waals surface area contributed by atoms with Crippen molar-refractivity contribution in [1.29, 1.82) is 0 Å². The Kier molecular flexibility index (Phi) is 66.8. The van der Waals surface area contributed by atoms with Crippen LogP contribution in [0.1, 0.15) is 402 Å². The molecule has 0 aromatic carbocycles. The third-order valence-electron chi connectivity index (χ3n) is 18.3. The van der Waals surface area contributed by atoms with Gasteiger partial charge in [-0.25, -0.2) is 9.13 Å². The third-order valence-corrected chi connectivity index (χ3v) is 20.2. The highest BCUT2D eigenvalue weighted by Crippen LogP contribution is 2.45. The van der Waals surface area contributed by atoms with Gasteiger partial charge in [0.2, 0.25) is 0 Å². The van der Waals surface area contributed by atoms with Gasteiger partial charge in [-0.3, -0.25) is 37.3 Å². The molecule has 582 valence electrons. The summed E-state index contributed by atoms with van der Waals surface area (Å²) in [6, 6.07) is 0. The highest BCUT2D eigenvalue weighted by molar-refractivity contribution is 7.47. The minimum absolute atomic E-state index is 0.106. The zero-order valence-electron chi connectivity index (χ0n) is 64.4. The molecular weight excluding hydrogens is 1280 g/mol. The number of aliphatic hydroxyl groups excluding tert-OH is 1. The van der Waals surface area contributed by atoms with Crippen LogP contribution in [0.15, 0.2) is 0 Å². The lowest BCUT2D eigenvalue weighted by Crippen LogP contribution is -2.30. The van der Waals surface area contributed by atoms with Crippen molar-refractivity contribution in [3.8, 4) is 0 Å². The average Bonchev–Trinajstić information content (AvgIpc) is 1.04. The number of phosphoric acid groups is 2. The van der Waals surface area contributed by atoms with Gasteiger partial charge in [-0.15, -0.1) is 0 Å². The summed E-state index contributed by atoms with van der Waals surface area (Å²) in [7, 11) is -9.92. The van der Waals surface area contributed by atoms with Crippen LogP contribution in [-0.4, -0.2) is 96.7 Å². The topological polar surface area (TPSA) is 237 Å². The number of aliphatic hydroxyl groups is 1. The summed E-state index contributed by atoms with van der Waals surface area (Å²) in [5, 5.41) is 10.6. The number of hydrogen-bond donors (Lipinski definition) is 3. The molecule has 17 nitrogen and oxygen atoms in total. The monoisotopic (exact) mass is 1440 g/mol. The summed E-state index contributed by atoms with van der Waals surface area (Å²) in [6.07, 6.45) is 54.1. The van der Waals surface area contributed by atoms with Crippen molar-refractivity contribution in [1.82, 2.24) is 0 Å². The zero-order valence-corrected chi connectivity index (χ0v) is 66.2. The zero-order chi connectivity index (χ0) is 72.4. The van der Waals surface area contributed by atoms with Crippen molar-refractivity contribution in [2.75, 3.05) is 39.6 Å². The Bertz CT molecular complexity index is 1920. The standard InChI is InChI=1S/C79H154O17P2/c1-69(2)55-47-39-31-24-18-12-10-9-11-13-22-28-36-45-53-61-78(83)95-74(65-89-76(81)59-51-43-35-27-21-16-14-19-25-32-40-48-56-70(3)4)67-93-97(85,86)91-63-73(80)64-92-98(87,88)94-68-75(66-90-77(82)60-52-44-38-30-34-42-50-58-72(7)8)96-79(84)62-54-46-37-29-23-17-15-20-26-33-41-49-57-71(5)6/h69-75,80H,9-68H2,1-8H3,(H,85,86)(H,87,88)/t73?,74-,75-/m1/s1. The van der Waals surface area contributed by atoms with Crippen LogP contribution in [0, 0.1) is 23.7 Å². The van der Waals surface area contributed by atoms with E-state index in [-0.39, 0.29) is 25.7 Å². The predicted octanol–water partition coefficient (Wildman–Crippen LogP) is 23.2. The second-order valence-electron chi connectivity index (χ2n) is 30.4.